The summed E-state index contributed by atoms with van der Waals surface area (Å²) in [6.45, 7) is 3.96. The van der Waals surface area contributed by atoms with Crippen LogP contribution in [-0.2, 0) is 6.61 Å². The second-order valence-corrected chi connectivity index (χ2v) is 8.10. The van der Waals surface area contributed by atoms with E-state index in [1.54, 1.807) is 30.6 Å². The van der Waals surface area contributed by atoms with Gasteiger partial charge in [-0.25, -0.2) is 28.7 Å². The highest BCUT2D eigenvalue weighted by atomic mass is 32.1. The number of hydrogen-bond acceptors (Lipinski definition) is 8. The number of benzene rings is 1. The standard InChI is InChI=1S/C21H15F2N7OS/c1-10-7-24-21(25-8-10)31-9-16-26-11(2)20(32-16)15-5-3-4-14(27-15)12-6-13(22)18-19(17(12)23)29-30-28-18/h3-8H,9H2,1-2H3,(H,28,29,30). The summed E-state index contributed by atoms with van der Waals surface area (Å²) in [7, 11) is 0. The molecule has 0 saturated heterocycles. The average molecular weight is 451 g/mol. The SMILES string of the molecule is Cc1cnc(OCc2nc(C)c(-c3cccc(-c4cc(F)c5nn[nH]c5c4F)n3)s2)nc1. The van der Waals surface area contributed by atoms with E-state index in [1.807, 2.05) is 13.8 Å². The lowest BCUT2D eigenvalue weighted by Crippen LogP contribution is -1.99. The van der Waals surface area contributed by atoms with Crippen molar-refractivity contribution in [1.29, 1.82) is 0 Å². The zero-order valence-corrected chi connectivity index (χ0v) is 17.7. The quantitative estimate of drug-likeness (QED) is 0.422. The van der Waals surface area contributed by atoms with Gasteiger partial charge in [-0.3, -0.25) is 5.10 Å². The van der Waals surface area contributed by atoms with E-state index in [0.717, 1.165) is 27.2 Å². The Hall–Kier alpha value is -3.86. The van der Waals surface area contributed by atoms with Crippen molar-refractivity contribution in [2.24, 2.45) is 0 Å². The summed E-state index contributed by atoms with van der Waals surface area (Å²) in [5, 5.41) is 10.2. The molecule has 32 heavy (non-hydrogen) atoms. The number of H-pyrrole nitrogens is 1. The van der Waals surface area contributed by atoms with E-state index < -0.39 is 11.6 Å². The van der Waals surface area contributed by atoms with Crippen molar-refractivity contribution in [2.75, 3.05) is 0 Å². The lowest BCUT2D eigenvalue weighted by molar-refractivity contribution is 0.280. The van der Waals surface area contributed by atoms with Gasteiger partial charge >= 0.3 is 6.01 Å². The molecule has 0 aliphatic heterocycles. The molecule has 0 aliphatic rings. The highest BCUT2D eigenvalue weighted by molar-refractivity contribution is 7.15. The van der Waals surface area contributed by atoms with E-state index in [0.29, 0.717) is 5.69 Å². The van der Waals surface area contributed by atoms with Gasteiger partial charge in [-0.1, -0.05) is 11.3 Å². The van der Waals surface area contributed by atoms with Crippen LogP contribution in [0.2, 0.25) is 0 Å². The van der Waals surface area contributed by atoms with Crippen LogP contribution in [-0.4, -0.2) is 35.3 Å². The molecule has 0 saturated carbocycles. The number of rotatable bonds is 5. The molecule has 4 heterocycles. The molecule has 0 bridgehead atoms. The van der Waals surface area contributed by atoms with Crippen molar-refractivity contribution in [3.8, 4) is 27.8 Å². The van der Waals surface area contributed by atoms with Crippen molar-refractivity contribution >= 4 is 22.4 Å². The Bertz CT molecular complexity index is 1430. The normalized spacial score (nSPS) is 11.2. The molecule has 1 aromatic carbocycles. The zero-order valence-electron chi connectivity index (χ0n) is 16.9. The first-order valence-electron chi connectivity index (χ1n) is 9.54. The third-order valence-corrected chi connectivity index (χ3v) is 5.84. The maximum Gasteiger partial charge on any atom is 0.316 e. The molecule has 4 aromatic heterocycles. The summed E-state index contributed by atoms with van der Waals surface area (Å²) in [4.78, 5) is 18.1. The molecular weight excluding hydrogens is 436 g/mol. The average Bonchev–Trinajstić information content (AvgIpc) is 3.43. The molecule has 0 unspecified atom stereocenters. The fraction of sp³-hybridized carbons (Fsp3) is 0.143. The minimum Gasteiger partial charge on any atom is -0.456 e. The molecule has 0 spiro atoms. The summed E-state index contributed by atoms with van der Waals surface area (Å²) >= 11 is 1.40. The Morgan fingerprint density at radius 2 is 1.84 bits per heavy atom. The van der Waals surface area contributed by atoms with Gasteiger partial charge in [0, 0.05) is 18.0 Å². The first-order valence-corrected chi connectivity index (χ1v) is 10.4. The highest BCUT2D eigenvalue weighted by Crippen LogP contribution is 2.33. The second-order valence-electron chi connectivity index (χ2n) is 7.02. The number of pyridine rings is 1. The van der Waals surface area contributed by atoms with Crippen molar-refractivity contribution < 1.29 is 13.5 Å². The fourth-order valence-electron chi connectivity index (χ4n) is 3.17. The van der Waals surface area contributed by atoms with Crippen LogP contribution in [0.3, 0.4) is 0 Å². The molecule has 0 aliphatic carbocycles. The van der Waals surface area contributed by atoms with E-state index in [1.165, 1.54) is 11.3 Å². The van der Waals surface area contributed by atoms with Crippen LogP contribution in [0.4, 0.5) is 8.78 Å². The molecule has 0 atom stereocenters. The van der Waals surface area contributed by atoms with Crippen molar-refractivity contribution in [3.63, 3.8) is 0 Å². The molecule has 160 valence electrons. The van der Waals surface area contributed by atoms with Crippen molar-refractivity contribution in [3.05, 3.63) is 64.6 Å². The molecule has 0 amide bonds. The Labute approximate surface area is 184 Å². The van der Waals surface area contributed by atoms with E-state index in [9.17, 15) is 8.78 Å². The topological polar surface area (TPSA) is 102 Å². The molecule has 8 nitrogen and oxygen atoms in total. The van der Waals surface area contributed by atoms with Gasteiger partial charge in [-0.05, 0) is 37.6 Å². The number of nitrogens with zero attached hydrogens (tertiary/aromatic N) is 6. The van der Waals surface area contributed by atoms with Crippen LogP contribution < -0.4 is 4.74 Å². The first-order chi connectivity index (χ1) is 15.5. The Balaban J connectivity index is 1.45. The summed E-state index contributed by atoms with van der Waals surface area (Å²) in [6.07, 6.45) is 3.35. The van der Waals surface area contributed by atoms with Crippen LogP contribution in [0.25, 0.3) is 32.9 Å². The van der Waals surface area contributed by atoms with E-state index in [-0.39, 0.29) is 34.9 Å². The maximum absolute atomic E-state index is 14.9. The number of ether oxygens (including phenoxy) is 1. The smallest absolute Gasteiger partial charge is 0.316 e. The van der Waals surface area contributed by atoms with E-state index >= 15 is 0 Å². The summed E-state index contributed by atoms with van der Waals surface area (Å²) in [5.41, 5.74) is 2.34. The van der Waals surface area contributed by atoms with Crippen molar-refractivity contribution in [1.82, 2.24) is 35.3 Å². The van der Waals surface area contributed by atoms with Crippen LogP contribution in [0.1, 0.15) is 16.3 Å². The summed E-state index contributed by atoms with van der Waals surface area (Å²) in [6, 6.07) is 6.49. The van der Waals surface area contributed by atoms with E-state index in [2.05, 4.69) is 35.3 Å². The molecule has 1 N–H and O–H groups in total. The van der Waals surface area contributed by atoms with Gasteiger partial charge < -0.3 is 4.74 Å². The first kappa shape index (κ1) is 20.1. The largest absolute Gasteiger partial charge is 0.456 e. The predicted octanol–water partition coefficient (Wildman–Crippen LogP) is 4.41. The number of hydrogen-bond donors (Lipinski definition) is 1. The number of aromatic nitrogens is 7. The number of aromatic amines is 1. The maximum atomic E-state index is 14.9. The summed E-state index contributed by atoms with van der Waals surface area (Å²) in [5.74, 6) is -1.34. The molecule has 5 aromatic rings. The number of thiazole rings is 1. The second kappa shape index (κ2) is 8.00. The number of nitrogens with one attached hydrogen (secondary N) is 1. The number of halogens is 2. The fourth-order valence-corrected chi connectivity index (χ4v) is 4.12. The van der Waals surface area contributed by atoms with Gasteiger partial charge in [0.15, 0.2) is 17.2 Å². The van der Waals surface area contributed by atoms with Gasteiger partial charge in [0.05, 0.1) is 22.0 Å². The molecule has 5 rings (SSSR count). The molecule has 11 heteroatoms. The van der Waals surface area contributed by atoms with E-state index in [4.69, 9.17) is 4.74 Å². The third-order valence-electron chi connectivity index (χ3n) is 4.68. The molecule has 0 fully saturated rings. The monoisotopic (exact) mass is 451 g/mol. The van der Waals surface area contributed by atoms with Crippen LogP contribution in [0.5, 0.6) is 6.01 Å². The van der Waals surface area contributed by atoms with Crippen LogP contribution in [0, 0.1) is 25.5 Å². The van der Waals surface area contributed by atoms with Crippen molar-refractivity contribution in [2.45, 2.75) is 20.5 Å². The van der Waals surface area contributed by atoms with Crippen LogP contribution >= 0.6 is 11.3 Å². The Morgan fingerprint density at radius 3 is 2.66 bits per heavy atom. The van der Waals surface area contributed by atoms with Gasteiger partial charge in [-0.15, -0.1) is 16.4 Å². The highest BCUT2D eigenvalue weighted by Gasteiger charge is 2.19. The number of fused-ring (bicyclic) bond motifs is 1. The summed E-state index contributed by atoms with van der Waals surface area (Å²) < 4.78 is 34.9. The van der Waals surface area contributed by atoms with Gasteiger partial charge in [0.1, 0.15) is 17.1 Å². The van der Waals surface area contributed by atoms with Gasteiger partial charge in [0.2, 0.25) is 0 Å². The molecule has 0 radical (unpaired) electrons. The predicted molar refractivity (Wildman–Crippen MR) is 114 cm³/mol. The Morgan fingerprint density at radius 1 is 1.06 bits per heavy atom. The van der Waals surface area contributed by atoms with Crippen LogP contribution in [0.15, 0.2) is 36.7 Å². The van der Waals surface area contributed by atoms with Gasteiger partial charge in [0.25, 0.3) is 0 Å². The zero-order chi connectivity index (χ0) is 22.2. The third kappa shape index (κ3) is 3.66. The Kier molecular flexibility index (Phi) is 5.02. The number of aryl methyl sites for hydroxylation is 2. The lowest BCUT2D eigenvalue weighted by Gasteiger charge is -2.06. The lowest BCUT2D eigenvalue weighted by atomic mass is 10.1. The minimum absolute atomic E-state index is 0.0187. The van der Waals surface area contributed by atoms with Gasteiger partial charge in [-0.2, -0.15) is 0 Å². The molecular formula is C21H15F2N7OS. The minimum atomic E-state index is -0.677.